The molecule has 0 aromatic carbocycles. The van der Waals surface area contributed by atoms with Crippen LogP contribution in [0.4, 0.5) is 5.69 Å². The highest BCUT2D eigenvalue weighted by molar-refractivity contribution is 6.32. The number of nitrogens with one attached hydrogen (secondary N) is 1. The molecule has 0 saturated heterocycles. The summed E-state index contributed by atoms with van der Waals surface area (Å²) in [6.45, 7) is 6.46. The van der Waals surface area contributed by atoms with Crippen LogP contribution >= 0.6 is 11.6 Å². The van der Waals surface area contributed by atoms with Gasteiger partial charge in [-0.3, -0.25) is 4.79 Å². The predicted octanol–water partition coefficient (Wildman–Crippen LogP) is 1.62. The summed E-state index contributed by atoms with van der Waals surface area (Å²) in [6.07, 6.45) is 5.48. The minimum Gasteiger partial charge on any atom is -0.376 e. The van der Waals surface area contributed by atoms with Gasteiger partial charge >= 0.3 is 0 Å². The third kappa shape index (κ3) is 2.82. The molecule has 0 radical (unpaired) electrons. The fraction of sp³-hybridized carbons (Fsp3) is 0.538. The van der Waals surface area contributed by atoms with Gasteiger partial charge in [0.2, 0.25) is 0 Å². The molecule has 5 nitrogen and oxygen atoms in total. The average molecular weight is 283 g/mol. The second-order valence-electron chi connectivity index (χ2n) is 5.17. The summed E-state index contributed by atoms with van der Waals surface area (Å²) in [4.78, 5) is 12.0. The van der Waals surface area contributed by atoms with Gasteiger partial charge in [-0.2, -0.15) is 5.10 Å². The van der Waals surface area contributed by atoms with Crippen molar-refractivity contribution in [3.8, 4) is 0 Å². The Morgan fingerprint density at radius 3 is 2.95 bits per heavy atom. The summed E-state index contributed by atoms with van der Waals surface area (Å²) < 4.78 is 1.28. The van der Waals surface area contributed by atoms with E-state index in [0.29, 0.717) is 24.7 Å². The lowest BCUT2D eigenvalue weighted by Gasteiger charge is -2.31. The first kappa shape index (κ1) is 14.1. The molecule has 1 aliphatic rings. The molecular weight excluding hydrogens is 264 g/mol. The Kier molecular flexibility index (Phi) is 3.96. The molecule has 2 rings (SSSR count). The fourth-order valence-electron chi connectivity index (χ4n) is 2.15. The molecule has 1 aromatic heterocycles. The molecule has 1 fully saturated rings. The van der Waals surface area contributed by atoms with Gasteiger partial charge in [0.05, 0.1) is 18.4 Å². The normalized spacial score (nSPS) is 17.8. The second kappa shape index (κ2) is 5.35. The largest absolute Gasteiger partial charge is 0.376 e. The van der Waals surface area contributed by atoms with E-state index in [1.54, 1.807) is 12.3 Å². The smallest absolute Gasteiger partial charge is 0.287 e. The van der Waals surface area contributed by atoms with Gasteiger partial charge in [0.25, 0.3) is 5.56 Å². The minimum atomic E-state index is -0.318. The van der Waals surface area contributed by atoms with E-state index in [1.807, 2.05) is 0 Å². The van der Waals surface area contributed by atoms with Crippen molar-refractivity contribution in [2.24, 2.45) is 11.7 Å². The van der Waals surface area contributed by atoms with E-state index in [2.05, 4.69) is 23.9 Å². The Morgan fingerprint density at radius 2 is 2.42 bits per heavy atom. The Morgan fingerprint density at radius 1 is 1.74 bits per heavy atom. The minimum absolute atomic E-state index is 0.150. The molecule has 1 saturated carbocycles. The first-order valence-electron chi connectivity index (χ1n) is 6.36. The van der Waals surface area contributed by atoms with Crippen LogP contribution in [0.15, 0.2) is 23.6 Å². The van der Waals surface area contributed by atoms with Crippen LogP contribution in [-0.2, 0) is 6.54 Å². The van der Waals surface area contributed by atoms with Crippen LogP contribution in [0.1, 0.15) is 19.8 Å². The summed E-state index contributed by atoms with van der Waals surface area (Å²) >= 11 is 6.11. The molecule has 6 heteroatoms. The molecule has 3 N–H and O–H groups in total. The van der Waals surface area contributed by atoms with E-state index >= 15 is 0 Å². The molecule has 0 bridgehead atoms. The quantitative estimate of drug-likeness (QED) is 0.778. The lowest BCUT2D eigenvalue weighted by molar-refractivity contribution is 0.458. The van der Waals surface area contributed by atoms with Crippen molar-refractivity contribution >= 4 is 17.3 Å². The predicted molar refractivity (Wildman–Crippen MR) is 77.5 cm³/mol. The standard InChI is InChI=1S/C13H19ClN4O/c1-3-6-18-12(19)11(14)10(7-16-18)17-13(2,8-15)9-4-5-9/h3,7,9,17H,1,4-6,8,15H2,2H3. The number of allylic oxidation sites excluding steroid dienone is 1. The van der Waals surface area contributed by atoms with Crippen LogP contribution in [0.2, 0.25) is 5.02 Å². The zero-order chi connectivity index (χ0) is 14.0. The average Bonchev–Trinajstić information content (AvgIpc) is 3.23. The molecule has 1 aromatic rings. The lowest BCUT2D eigenvalue weighted by atomic mass is 9.96. The number of nitrogens with zero attached hydrogens (tertiary/aromatic N) is 2. The van der Waals surface area contributed by atoms with Crippen LogP contribution in [0.3, 0.4) is 0 Å². The fourth-order valence-corrected chi connectivity index (χ4v) is 2.35. The zero-order valence-electron chi connectivity index (χ0n) is 11.0. The maximum absolute atomic E-state index is 12.0. The monoisotopic (exact) mass is 282 g/mol. The molecule has 1 atom stereocenters. The molecule has 1 unspecified atom stereocenters. The summed E-state index contributed by atoms with van der Waals surface area (Å²) in [7, 11) is 0. The van der Waals surface area contributed by atoms with E-state index in [0.717, 1.165) is 12.8 Å². The highest BCUT2D eigenvalue weighted by Gasteiger charge is 2.40. The summed E-state index contributed by atoms with van der Waals surface area (Å²) in [5, 5.41) is 7.51. The molecule has 0 amide bonds. The van der Waals surface area contributed by atoms with E-state index in [9.17, 15) is 4.79 Å². The van der Waals surface area contributed by atoms with E-state index in [1.165, 1.54) is 4.68 Å². The lowest BCUT2D eigenvalue weighted by Crippen LogP contribution is -2.45. The highest BCUT2D eigenvalue weighted by Crippen LogP contribution is 2.41. The topological polar surface area (TPSA) is 72.9 Å². The maximum Gasteiger partial charge on any atom is 0.287 e. The second-order valence-corrected chi connectivity index (χ2v) is 5.55. The van der Waals surface area contributed by atoms with Crippen LogP contribution < -0.4 is 16.6 Å². The highest BCUT2D eigenvalue weighted by atomic mass is 35.5. The number of aromatic nitrogens is 2. The van der Waals surface area contributed by atoms with Crippen molar-refractivity contribution in [2.75, 3.05) is 11.9 Å². The first-order valence-corrected chi connectivity index (χ1v) is 6.74. The third-order valence-corrected chi connectivity index (χ3v) is 3.97. The summed E-state index contributed by atoms with van der Waals surface area (Å²) in [5.41, 5.74) is 5.84. The molecular formula is C13H19ClN4O. The summed E-state index contributed by atoms with van der Waals surface area (Å²) in [6, 6.07) is 0. The third-order valence-electron chi connectivity index (χ3n) is 3.61. The van der Waals surface area contributed by atoms with Gasteiger partial charge in [0, 0.05) is 12.1 Å². The van der Waals surface area contributed by atoms with Crippen molar-refractivity contribution in [3.05, 3.63) is 34.2 Å². The number of anilines is 1. The van der Waals surface area contributed by atoms with Gasteiger partial charge in [-0.15, -0.1) is 6.58 Å². The number of halogens is 1. The van der Waals surface area contributed by atoms with Crippen molar-refractivity contribution in [2.45, 2.75) is 31.8 Å². The van der Waals surface area contributed by atoms with Crippen molar-refractivity contribution in [3.63, 3.8) is 0 Å². The molecule has 19 heavy (non-hydrogen) atoms. The molecule has 0 aliphatic heterocycles. The molecule has 104 valence electrons. The van der Waals surface area contributed by atoms with Crippen molar-refractivity contribution in [1.82, 2.24) is 9.78 Å². The van der Waals surface area contributed by atoms with Crippen LogP contribution in [-0.4, -0.2) is 21.9 Å². The van der Waals surface area contributed by atoms with Crippen molar-refractivity contribution < 1.29 is 0 Å². The Bertz CT molecular complexity index is 538. The summed E-state index contributed by atoms with van der Waals surface area (Å²) in [5.74, 6) is 0.532. The van der Waals surface area contributed by atoms with Crippen LogP contribution in [0.25, 0.3) is 0 Å². The van der Waals surface area contributed by atoms with Gasteiger partial charge in [-0.25, -0.2) is 4.68 Å². The molecule has 1 heterocycles. The SMILES string of the molecule is C=CCn1ncc(NC(C)(CN)C2CC2)c(Cl)c1=O. The maximum atomic E-state index is 12.0. The zero-order valence-corrected chi connectivity index (χ0v) is 11.8. The number of hydrogen-bond acceptors (Lipinski definition) is 4. The Balaban J connectivity index is 2.28. The number of hydrogen-bond donors (Lipinski definition) is 2. The van der Waals surface area contributed by atoms with Gasteiger partial charge in [0.15, 0.2) is 0 Å². The van der Waals surface area contributed by atoms with E-state index in [4.69, 9.17) is 17.3 Å². The van der Waals surface area contributed by atoms with E-state index < -0.39 is 0 Å². The Labute approximate surface area is 117 Å². The van der Waals surface area contributed by atoms with E-state index in [-0.39, 0.29) is 16.1 Å². The number of rotatable bonds is 6. The Hall–Kier alpha value is -1.33. The van der Waals surface area contributed by atoms with Gasteiger partial charge < -0.3 is 11.1 Å². The van der Waals surface area contributed by atoms with Crippen molar-refractivity contribution in [1.29, 1.82) is 0 Å². The molecule has 0 spiro atoms. The molecule has 1 aliphatic carbocycles. The van der Waals surface area contributed by atoms with Gasteiger partial charge in [0.1, 0.15) is 5.02 Å². The first-order chi connectivity index (χ1) is 9.01. The van der Waals surface area contributed by atoms with Crippen LogP contribution in [0.5, 0.6) is 0 Å². The van der Waals surface area contributed by atoms with Gasteiger partial charge in [-0.05, 0) is 25.7 Å². The number of nitrogens with two attached hydrogens (primary N) is 1. The van der Waals surface area contributed by atoms with Gasteiger partial charge in [-0.1, -0.05) is 17.7 Å². The van der Waals surface area contributed by atoms with Crippen LogP contribution in [0, 0.1) is 5.92 Å².